The third-order valence-corrected chi connectivity index (χ3v) is 2.20. The second kappa shape index (κ2) is 6.76. The third kappa shape index (κ3) is 4.18. The van der Waals surface area contributed by atoms with Gasteiger partial charge in [0.2, 0.25) is 5.71 Å². The lowest BCUT2D eigenvalue weighted by molar-refractivity contribution is -0.135. The Balaban J connectivity index is 2.80. The molecule has 0 aliphatic heterocycles. The fourth-order valence-electron chi connectivity index (χ4n) is 1.11. The molecule has 1 aromatic carbocycles. The molecule has 6 heteroatoms. The van der Waals surface area contributed by atoms with Gasteiger partial charge in [0.15, 0.2) is 5.78 Å². The van der Waals surface area contributed by atoms with Crippen molar-refractivity contribution in [1.82, 2.24) is 0 Å². The summed E-state index contributed by atoms with van der Waals surface area (Å²) in [6, 6.07) is 6.68. The summed E-state index contributed by atoms with van der Waals surface area (Å²) < 4.78 is 4.72. The summed E-state index contributed by atoms with van der Waals surface area (Å²) in [5.74, 6) is -1.21. The minimum atomic E-state index is -0.744. The zero-order chi connectivity index (χ0) is 13.5. The average molecular weight is 269 g/mol. The van der Waals surface area contributed by atoms with E-state index >= 15 is 0 Å². The standard InChI is InChI=1S/C12H13ClN2O3/c1-3-18-12(17)11(8(2)16)15-14-10-6-4-9(13)5-7-10/h4-7,14H,3H2,1-2H3/b15-11-. The Kier molecular flexibility index (Phi) is 5.32. The van der Waals surface area contributed by atoms with Crippen molar-refractivity contribution < 1.29 is 14.3 Å². The molecule has 0 atom stereocenters. The smallest absolute Gasteiger partial charge is 0.362 e. The molecule has 0 aliphatic carbocycles. The molecule has 96 valence electrons. The van der Waals surface area contributed by atoms with Gasteiger partial charge in [-0.15, -0.1) is 0 Å². The number of hydrogen-bond acceptors (Lipinski definition) is 5. The van der Waals surface area contributed by atoms with E-state index in [1.54, 1.807) is 31.2 Å². The maximum atomic E-state index is 11.4. The van der Waals surface area contributed by atoms with E-state index in [-0.39, 0.29) is 12.3 Å². The Morgan fingerprint density at radius 2 is 1.94 bits per heavy atom. The van der Waals surface area contributed by atoms with Crippen LogP contribution in [-0.4, -0.2) is 24.1 Å². The molecule has 5 nitrogen and oxygen atoms in total. The molecule has 0 saturated carbocycles. The zero-order valence-corrected chi connectivity index (χ0v) is 10.8. The quantitative estimate of drug-likeness (QED) is 0.385. The van der Waals surface area contributed by atoms with Crippen LogP contribution in [0.4, 0.5) is 5.69 Å². The molecular weight excluding hydrogens is 256 g/mol. The van der Waals surface area contributed by atoms with Crippen LogP contribution in [0.15, 0.2) is 29.4 Å². The van der Waals surface area contributed by atoms with Crippen molar-refractivity contribution in [2.45, 2.75) is 13.8 Å². The number of hydrogen-bond donors (Lipinski definition) is 1. The van der Waals surface area contributed by atoms with Crippen LogP contribution in [0.25, 0.3) is 0 Å². The summed E-state index contributed by atoms with van der Waals surface area (Å²) in [6.45, 7) is 3.09. The van der Waals surface area contributed by atoms with Crippen molar-refractivity contribution in [1.29, 1.82) is 0 Å². The highest BCUT2D eigenvalue weighted by atomic mass is 35.5. The molecule has 0 fully saturated rings. The Bertz CT molecular complexity index is 469. The predicted octanol–water partition coefficient (Wildman–Crippen LogP) is 2.26. The van der Waals surface area contributed by atoms with Gasteiger partial charge in [0, 0.05) is 11.9 Å². The molecule has 1 aromatic rings. The van der Waals surface area contributed by atoms with E-state index in [0.29, 0.717) is 10.7 Å². The number of ketones is 1. The highest BCUT2D eigenvalue weighted by molar-refractivity contribution is 6.64. The summed E-state index contributed by atoms with van der Waals surface area (Å²) in [5, 5.41) is 4.33. The Morgan fingerprint density at radius 1 is 1.33 bits per heavy atom. The summed E-state index contributed by atoms with van der Waals surface area (Å²) in [5.41, 5.74) is 2.94. The van der Waals surface area contributed by atoms with E-state index in [2.05, 4.69) is 10.5 Å². The first-order valence-electron chi connectivity index (χ1n) is 5.32. The van der Waals surface area contributed by atoms with Crippen LogP contribution in [-0.2, 0) is 14.3 Å². The summed E-state index contributed by atoms with van der Waals surface area (Å²) >= 11 is 5.72. The summed E-state index contributed by atoms with van der Waals surface area (Å²) in [7, 11) is 0. The molecule has 0 heterocycles. The number of nitrogens with one attached hydrogen (secondary N) is 1. The van der Waals surface area contributed by atoms with Gasteiger partial charge in [-0.05, 0) is 31.2 Å². The van der Waals surface area contributed by atoms with Crippen LogP contribution in [0.2, 0.25) is 5.02 Å². The molecule has 0 aliphatic rings. The number of benzene rings is 1. The number of Topliss-reactive ketones (excluding diaryl/α,β-unsaturated/α-hetero) is 1. The molecule has 0 saturated heterocycles. The van der Waals surface area contributed by atoms with E-state index in [1.165, 1.54) is 6.92 Å². The first kappa shape index (κ1) is 14.2. The number of carbonyl (C=O) groups excluding carboxylic acids is 2. The number of anilines is 1. The minimum absolute atomic E-state index is 0.187. The topological polar surface area (TPSA) is 67.8 Å². The van der Waals surface area contributed by atoms with Crippen LogP contribution in [0, 0.1) is 0 Å². The van der Waals surface area contributed by atoms with Gasteiger partial charge in [-0.25, -0.2) is 4.79 Å². The Labute approximate surface area is 110 Å². The van der Waals surface area contributed by atoms with Gasteiger partial charge in [0.25, 0.3) is 0 Å². The average Bonchev–Trinajstić information content (AvgIpc) is 2.31. The van der Waals surface area contributed by atoms with Crippen LogP contribution >= 0.6 is 11.6 Å². The van der Waals surface area contributed by atoms with Crippen molar-refractivity contribution in [3.63, 3.8) is 0 Å². The third-order valence-electron chi connectivity index (χ3n) is 1.94. The van der Waals surface area contributed by atoms with Crippen molar-refractivity contribution in [2.75, 3.05) is 12.0 Å². The van der Waals surface area contributed by atoms with E-state index in [4.69, 9.17) is 16.3 Å². The number of rotatable bonds is 5. The normalized spacial score (nSPS) is 10.9. The van der Waals surface area contributed by atoms with E-state index in [9.17, 15) is 9.59 Å². The minimum Gasteiger partial charge on any atom is -0.461 e. The Morgan fingerprint density at radius 3 is 2.44 bits per heavy atom. The van der Waals surface area contributed by atoms with Crippen molar-refractivity contribution in [3.8, 4) is 0 Å². The number of esters is 1. The van der Waals surface area contributed by atoms with Gasteiger partial charge in [0.05, 0.1) is 12.3 Å². The first-order valence-corrected chi connectivity index (χ1v) is 5.69. The van der Waals surface area contributed by atoms with Gasteiger partial charge < -0.3 is 4.74 Å². The molecule has 0 aromatic heterocycles. The lowest BCUT2D eigenvalue weighted by Crippen LogP contribution is -2.25. The number of halogens is 1. The molecule has 1 N–H and O–H groups in total. The lowest BCUT2D eigenvalue weighted by Gasteiger charge is -2.04. The fraction of sp³-hybridized carbons (Fsp3) is 0.250. The molecule has 0 bridgehead atoms. The summed E-state index contributed by atoms with van der Waals surface area (Å²) in [6.07, 6.45) is 0. The number of ether oxygens (including phenoxy) is 1. The van der Waals surface area contributed by atoms with Crippen LogP contribution in [0.5, 0.6) is 0 Å². The zero-order valence-electron chi connectivity index (χ0n) is 10.1. The monoisotopic (exact) mass is 268 g/mol. The number of carbonyl (C=O) groups is 2. The van der Waals surface area contributed by atoms with Gasteiger partial charge in [-0.1, -0.05) is 11.6 Å². The van der Waals surface area contributed by atoms with E-state index < -0.39 is 11.8 Å². The van der Waals surface area contributed by atoms with E-state index in [0.717, 1.165) is 0 Å². The lowest BCUT2D eigenvalue weighted by atomic mass is 10.3. The Hall–Kier alpha value is -1.88. The van der Waals surface area contributed by atoms with E-state index in [1.807, 2.05) is 0 Å². The summed E-state index contributed by atoms with van der Waals surface area (Å²) in [4.78, 5) is 22.7. The molecular formula is C12H13ClN2O3. The molecule has 18 heavy (non-hydrogen) atoms. The maximum absolute atomic E-state index is 11.4. The molecule has 0 radical (unpaired) electrons. The van der Waals surface area contributed by atoms with Crippen LogP contribution in [0.3, 0.4) is 0 Å². The predicted molar refractivity (Wildman–Crippen MR) is 69.8 cm³/mol. The molecule has 0 spiro atoms. The fourth-order valence-corrected chi connectivity index (χ4v) is 1.24. The number of nitrogens with zero attached hydrogens (tertiary/aromatic N) is 1. The number of hydrazone groups is 1. The molecule has 1 rings (SSSR count). The van der Waals surface area contributed by atoms with Gasteiger partial charge in [-0.2, -0.15) is 5.10 Å². The van der Waals surface area contributed by atoms with Gasteiger partial charge >= 0.3 is 5.97 Å². The largest absolute Gasteiger partial charge is 0.461 e. The molecule has 0 unspecified atom stereocenters. The van der Waals surface area contributed by atoms with Gasteiger partial charge in [-0.3, -0.25) is 10.2 Å². The van der Waals surface area contributed by atoms with Gasteiger partial charge in [0.1, 0.15) is 0 Å². The maximum Gasteiger partial charge on any atom is 0.362 e. The first-order chi connectivity index (χ1) is 8.54. The van der Waals surface area contributed by atoms with Crippen molar-refractivity contribution >= 4 is 34.8 Å². The van der Waals surface area contributed by atoms with Crippen molar-refractivity contribution in [2.24, 2.45) is 5.10 Å². The van der Waals surface area contributed by atoms with Crippen LogP contribution < -0.4 is 5.43 Å². The molecule has 0 amide bonds. The van der Waals surface area contributed by atoms with Crippen molar-refractivity contribution in [3.05, 3.63) is 29.3 Å². The second-order valence-corrected chi connectivity index (χ2v) is 3.79. The SMILES string of the molecule is CCOC(=O)/C(=N\Nc1ccc(Cl)cc1)C(C)=O. The highest BCUT2D eigenvalue weighted by Crippen LogP contribution is 2.13. The second-order valence-electron chi connectivity index (χ2n) is 3.36. The highest BCUT2D eigenvalue weighted by Gasteiger charge is 2.17. The van der Waals surface area contributed by atoms with Crippen LogP contribution in [0.1, 0.15) is 13.8 Å².